The summed E-state index contributed by atoms with van der Waals surface area (Å²) in [7, 11) is 0.778. The Morgan fingerprint density at radius 2 is 2.22 bits per heavy atom. The Labute approximate surface area is 108 Å². The molecule has 0 aliphatic rings. The predicted octanol–water partition coefficient (Wildman–Crippen LogP) is 1.21. The maximum absolute atomic E-state index is 11.2. The number of aromatic nitrogens is 2. The van der Waals surface area contributed by atoms with Gasteiger partial charge in [0, 0.05) is 35.9 Å². The van der Waals surface area contributed by atoms with Crippen molar-refractivity contribution in [3.05, 3.63) is 15.8 Å². The van der Waals surface area contributed by atoms with Crippen molar-refractivity contribution in [3.8, 4) is 0 Å². The van der Waals surface area contributed by atoms with Crippen LogP contribution in [0.25, 0.3) is 0 Å². The largest absolute Gasteiger partial charge is 0.364 e. The Kier molecular flexibility index (Phi) is 4.83. The normalized spacial score (nSPS) is 14.2. The standard InChI is InChI=1S/C10H18N4O3S/c1-7(18(4)17)5-6-11-10-9(14(15)16)8(2)12-13(10)3/h7,11H,5-6H2,1-4H3. The van der Waals surface area contributed by atoms with Gasteiger partial charge in [-0.3, -0.25) is 14.3 Å². The number of aryl methyl sites for hydroxylation is 2. The Morgan fingerprint density at radius 3 is 2.72 bits per heavy atom. The summed E-state index contributed by atoms with van der Waals surface area (Å²) in [5, 5.41) is 18.0. The van der Waals surface area contributed by atoms with Crippen LogP contribution in [-0.2, 0) is 17.8 Å². The Hall–Kier alpha value is -1.44. The van der Waals surface area contributed by atoms with Gasteiger partial charge in [-0.15, -0.1) is 0 Å². The fraction of sp³-hybridized carbons (Fsp3) is 0.700. The molecule has 0 saturated heterocycles. The smallest absolute Gasteiger partial charge is 0.333 e. The van der Waals surface area contributed by atoms with Crippen molar-refractivity contribution in [2.24, 2.45) is 7.05 Å². The van der Waals surface area contributed by atoms with Crippen LogP contribution >= 0.6 is 0 Å². The summed E-state index contributed by atoms with van der Waals surface area (Å²) < 4.78 is 12.6. The van der Waals surface area contributed by atoms with E-state index in [1.807, 2.05) is 6.92 Å². The molecule has 0 radical (unpaired) electrons. The number of anilines is 1. The third kappa shape index (κ3) is 3.28. The van der Waals surface area contributed by atoms with Crippen LogP contribution in [0.1, 0.15) is 19.0 Å². The van der Waals surface area contributed by atoms with Crippen LogP contribution < -0.4 is 5.32 Å². The van der Waals surface area contributed by atoms with Gasteiger partial charge in [0.25, 0.3) is 0 Å². The first kappa shape index (κ1) is 14.6. The molecule has 0 amide bonds. The summed E-state index contributed by atoms with van der Waals surface area (Å²) in [4.78, 5) is 10.5. The second-order valence-corrected chi connectivity index (χ2v) is 5.99. The maximum Gasteiger partial charge on any atom is 0.333 e. The van der Waals surface area contributed by atoms with E-state index in [1.165, 1.54) is 4.68 Å². The van der Waals surface area contributed by atoms with E-state index in [-0.39, 0.29) is 10.9 Å². The van der Waals surface area contributed by atoms with Crippen molar-refractivity contribution >= 4 is 22.3 Å². The minimum Gasteiger partial charge on any atom is -0.364 e. The van der Waals surface area contributed by atoms with E-state index >= 15 is 0 Å². The van der Waals surface area contributed by atoms with Crippen LogP contribution in [-0.4, -0.2) is 37.0 Å². The van der Waals surface area contributed by atoms with Gasteiger partial charge >= 0.3 is 5.69 Å². The van der Waals surface area contributed by atoms with Gasteiger partial charge in [-0.1, -0.05) is 6.92 Å². The Morgan fingerprint density at radius 1 is 1.61 bits per heavy atom. The van der Waals surface area contributed by atoms with Crippen LogP contribution in [0.4, 0.5) is 11.5 Å². The number of hydrogen-bond acceptors (Lipinski definition) is 5. The van der Waals surface area contributed by atoms with Crippen molar-refractivity contribution in [1.29, 1.82) is 0 Å². The molecule has 0 aliphatic carbocycles. The highest BCUT2D eigenvalue weighted by Crippen LogP contribution is 2.27. The molecule has 1 aromatic rings. The molecule has 2 atom stereocenters. The minimum absolute atomic E-state index is 0.00257. The van der Waals surface area contributed by atoms with Crippen LogP contribution in [0.15, 0.2) is 0 Å². The number of nitro groups is 1. The quantitative estimate of drug-likeness (QED) is 0.622. The average Bonchev–Trinajstić information content (AvgIpc) is 2.53. The van der Waals surface area contributed by atoms with E-state index in [9.17, 15) is 14.3 Å². The average molecular weight is 274 g/mol. The van der Waals surface area contributed by atoms with Crippen LogP contribution in [0, 0.1) is 17.0 Å². The van der Waals surface area contributed by atoms with Crippen molar-refractivity contribution in [3.63, 3.8) is 0 Å². The molecule has 18 heavy (non-hydrogen) atoms. The number of rotatable bonds is 6. The molecule has 1 aromatic heterocycles. The van der Waals surface area contributed by atoms with E-state index in [1.54, 1.807) is 20.2 Å². The van der Waals surface area contributed by atoms with E-state index in [2.05, 4.69) is 10.4 Å². The first-order valence-corrected chi connectivity index (χ1v) is 7.20. The van der Waals surface area contributed by atoms with Gasteiger partial charge in [0.15, 0.2) is 0 Å². The van der Waals surface area contributed by atoms with Crippen molar-refractivity contribution in [2.75, 3.05) is 18.1 Å². The number of hydrogen-bond donors (Lipinski definition) is 1. The zero-order valence-corrected chi connectivity index (χ0v) is 11.8. The van der Waals surface area contributed by atoms with Crippen molar-refractivity contribution in [1.82, 2.24) is 9.78 Å². The van der Waals surface area contributed by atoms with Crippen molar-refractivity contribution in [2.45, 2.75) is 25.5 Å². The Balaban J connectivity index is 2.73. The summed E-state index contributed by atoms with van der Waals surface area (Å²) in [6, 6.07) is 0. The lowest BCUT2D eigenvalue weighted by Crippen LogP contribution is -2.16. The lowest BCUT2D eigenvalue weighted by Gasteiger charge is -2.09. The fourth-order valence-corrected chi connectivity index (χ4v) is 2.07. The Bertz CT molecular complexity index is 472. The number of nitrogens with one attached hydrogen (secondary N) is 1. The molecule has 1 heterocycles. The molecule has 0 spiro atoms. The monoisotopic (exact) mass is 274 g/mol. The third-order valence-corrected chi connectivity index (χ3v) is 4.15. The molecule has 102 valence electrons. The molecule has 0 aliphatic heterocycles. The zero-order chi connectivity index (χ0) is 13.9. The molecule has 1 rings (SSSR count). The van der Waals surface area contributed by atoms with E-state index in [0.29, 0.717) is 24.5 Å². The molecule has 0 saturated carbocycles. The highest BCUT2D eigenvalue weighted by atomic mass is 32.2. The molecule has 2 unspecified atom stereocenters. The van der Waals surface area contributed by atoms with Gasteiger partial charge in [0.2, 0.25) is 5.82 Å². The van der Waals surface area contributed by atoms with Crippen LogP contribution in [0.2, 0.25) is 0 Å². The molecular formula is C10H18N4O3S. The van der Waals surface area contributed by atoms with Crippen molar-refractivity contribution < 1.29 is 9.13 Å². The highest BCUT2D eigenvalue weighted by molar-refractivity contribution is 7.84. The topological polar surface area (TPSA) is 90.1 Å². The van der Waals surface area contributed by atoms with E-state index < -0.39 is 15.7 Å². The van der Waals surface area contributed by atoms with E-state index in [0.717, 1.165) is 0 Å². The molecule has 7 nitrogen and oxygen atoms in total. The van der Waals surface area contributed by atoms with Gasteiger partial charge < -0.3 is 5.32 Å². The maximum atomic E-state index is 11.2. The summed E-state index contributed by atoms with van der Waals surface area (Å²) in [6.07, 6.45) is 2.34. The first-order chi connectivity index (χ1) is 8.34. The second-order valence-electron chi connectivity index (χ2n) is 4.19. The lowest BCUT2D eigenvalue weighted by molar-refractivity contribution is -0.384. The highest BCUT2D eigenvalue weighted by Gasteiger charge is 2.23. The summed E-state index contributed by atoms with van der Waals surface area (Å²) in [5.41, 5.74) is 0.389. The second kappa shape index (κ2) is 5.94. The first-order valence-electron chi connectivity index (χ1n) is 5.58. The van der Waals surface area contributed by atoms with Gasteiger partial charge in [0.05, 0.1) is 4.92 Å². The molecule has 1 N–H and O–H groups in total. The molecular weight excluding hydrogens is 256 g/mol. The van der Waals surface area contributed by atoms with Gasteiger partial charge in [-0.25, -0.2) is 4.68 Å². The minimum atomic E-state index is -0.879. The van der Waals surface area contributed by atoms with E-state index in [4.69, 9.17) is 0 Å². The number of nitrogens with zero attached hydrogens (tertiary/aromatic N) is 3. The van der Waals surface area contributed by atoms with Gasteiger partial charge in [-0.05, 0) is 13.3 Å². The molecule has 0 aromatic carbocycles. The summed E-state index contributed by atoms with van der Waals surface area (Å²) >= 11 is 0. The third-order valence-electron chi connectivity index (χ3n) is 2.78. The molecule has 8 heteroatoms. The fourth-order valence-electron chi connectivity index (χ4n) is 1.62. The lowest BCUT2D eigenvalue weighted by atomic mass is 10.3. The summed E-state index contributed by atoms with van der Waals surface area (Å²) in [6.45, 7) is 4.02. The predicted molar refractivity (Wildman–Crippen MR) is 71.2 cm³/mol. The SMILES string of the molecule is Cc1nn(C)c(NCCC(C)S(C)=O)c1[N+](=O)[O-]. The van der Waals surface area contributed by atoms with Gasteiger partial charge in [0.1, 0.15) is 5.69 Å². The van der Waals surface area contributed by atoms with Gasteiger partial charge in [-0.2, -0.15) is 5.10 Å². The van der Waals surface area contributed by atoms with Crippen LogP contribution in [0.3, 0.4) is 0 Å². The summed E-state index contributed by atoms with van der Waals surface area (Å²) in [5.74, 6) is 0.395. The van der Waals surface area contributed by atoms with Crippen LogP contribution in [0.5, 0.6) is 0 Å². The molecule has 0 bridgehead atoms. The molecule has 0 fully saturated rings. The zero-order valence-electron chi connectivity index (χ0n) is 11.0.